The van der Waals surface area contributed by atoms with E-state index in [1.165, 1.54) is 20.8 Å². The molecule has 23 heteroatoms. The van der Waals surface area contributed by atoms with Crippen LogP contribution in [0.15, 0.2) is 78.3 Å². The van der Waals surface area contributed by atoms with Crippen LogP contribution in [0.3, 0.4) is 0 Å². The van der Waals surface area contributed by atoms with E-state index in [9.17, 15) is 54.0 Å². The molecule has 8 aliphatic rings. The predicted molar refractivity (Wildman–Crippen MR) is 306 cm³/mol. The Bertz CT molecular complexity index is 3250. The van der Waals surface area contributed by atoms with Gasteiger partial charge in [-0.2, -0.15) is 0 Å². The number of nitrogens with two attached hydrogens (primary N) is 2. The highest BCUT2D eigenvalue weighted by Gasteiger charge is 2.73. The van der Waals surface area contributed by atoms with Crippen LogP contribution in [0.4, 0.5) is 0 Å². The van der Waals surface area contributed by atoms with Gasteiger partial charge in [-0.05, 0) is 115 Å². The molecule has 3 aromatic rings. The monoisotopic (exact) mass is 1190 g/mol. The highest BCUT2D eigenvalue weighted by Crippen LogP contribution is 2.66. The van der Waals surface area contributed by atoms with Gasteiger partial charge in [0.15, 0.2) is 24.4 Å². The number of likely N-dealkylation sites (tertiary alicyclic amines) is 2. The SMILES string of the molecule is CC(=O)[C@@H](N)CCC(=O)NCCC(=O)O[C@@H](C)C(=O)OC1=CC[C@@]2(O)[C@H]3Cc4ccc(CO)c5c4[C@@]2(CCN3C)[C@H]1O5.C[C@H](OC(=O)CCNC(=O)[C@@H](N)Cc1ccccc1)C(=O)OC1=CC[C@@]2(O)[C@H]3Cc4ccc(CO)c5c4[C@@]2(CCN3C)[C@H]1O5. The van der Waals surface area contributed by atoms with Gasteiger partial charge in [0.2, 0.25) is 11.8 Å². The van der Waals surface area contributed by atoms with Crippen LogP contribution >= 0.6 is 0 Å². The molecular formula is C63H78N6O17. The van der Waals surface area contributed by atoms with Crippen molar-refractivity contribution in [3.05, 3.63) is 117 Å². The van der Waals surface area contributed by atoms with Crippen LogP contribution < -0.4 is 31.6 Å². The van der Waals surface area contributed by atoms with Gasteiger partial charge in [0.05, 0.1) is 60.2 Å². The number of carbonyl (C=O) groups excluding carboxylic acids is 7. The van der Waals surface area contributed by atoms with Gasteiger partial charge < -0.3 is 80.7 Å². The lowest BCUT2D eigenvalue weighted by Crippen LogP contribution is -2.74. The Morgan fingerprint density at radius 3 is 1.58 bits per heavy atom. The molecule has 4 aliphatic carbocycles. The maximum Gasteiger partial charge on any atom is 0.352 e. The molecule has 462 valence electrons. The van der Waals surface area contributed by atoms with Gasteiger partial charge in [0.25, 0.3) is 0 Å². The van der Waals surface area contributed by atoms with Crippen LogP contribution in [0.1, 0.15) is 111 Å². The summed E-state index contributed by atoms with van der Waals surface area (Å²) in [6.07, 6.45) is 2.62. The first-order chi connectivity index (χ1) is 41.0. The summed E-state index contributed by atoms with van der Waals surface area (Å²) >= 11 is 0. The fourth-order valence-electron chi connectivity index (χ4n) is 14.5. The van der Waals surface area contributed by atoms with Gasteiger partial charge >= 0.3 is 23.9 Å². The van der Waals surface area contributed by atoms with E-state index in [-0.39, 0.29) is 106 Å². The third kappa shape index (κ3) is 10.9. The Balaban J connectivity index is 0.000000191. The minimum absolute atomic E-state index is 0.000306. The first-order valence-corrected chi connectivity index (χ1v) is 29.5. The number of hydrogen-bond donors (Lipinski definition) is 8. The van der Waals surface area contributed by atoms with Gasteiger partial charge in [-0.25, -0.2) is 9.59 Å². The zero-order chi connectivity index (χ0) is 61.6. The van der Waals surface area contributed by atoms with Crippen molar-refractivity contribution in [2.75, 3.05) is 40.3 Å². The third-order valence-corrected chi connectivity index (χ3v) is 19.1. The molecule has 0 aromatic heterocycles. The predicted octanol–water partition coefficient (Wildman–Crippen LogP) is 1.14. The largest absolute Gasteiger partial charge is 0.481 e. The number of nitrogens with zero attached hydrogens (tertiary/aromatic N) is 2. The summed E-state index contributed by atoms with van der Waals surface area (Å²) < 4.78 is 35.1. The van der Waals surface area contributed by atoms with E-state index in [0.29, 0.717) is 61.3 Å². The topological polar surface area (TPSA) is 338 Å². The number of Topliss-reactive ketones (excluding diaryl/α,β-unsaturated/α-hetero) is 1. The van der Waals surface area contributed by atoms with E-state index in [1.807, 2.05) is 68.7 Å². The molecule has 3 aromatic carbocycles. The Kier molecular flexibility index (Phi) is 17.7. The quantitative estimate of drug-likeness (QED) is 0.0548. The van der Waals surface area contributed by atoms with E-state index in [4.69, 9.17) is 39.9 Å². The van der Waals surface area contributed by atoms with Crippen LogP contribution in [0.5, 0.6) is 11.5 Å². The lowest BCUT2D eigenvalue weighted by molar-refractivity contribution is -0.175. The van der Waals surface area contributed by atoms with Gasteiger partial charge in [-0.3, -0.25) is 24.0 Å². The fourth-order valence-corrected chi connectivity index (χ4v) is 14.5. The number of carbonyl (C=O) groups is 7. The normalized spacial score (nSPS) is 28.1. The number of piperidine rings is 2. The summed E-state index contributed by atoms with van der Waals surface area (Å²) in [5.41, 5.74) is 13.7. The Morgan fingerprint density at radius 1 is 0.663 bits per heavy atom. The number of aliphatic hydroxyl groups excluding tert-OH is 2. The van der Waals surface area contributed by atoms with Crippen molar-refractivity contribution in [3.8, 4) is 11.5 Å². The second-order valence-corrected chi connectivity index (χ2v) is 24.1. The smallest absolute Gasteiger partial charge is 0.352 e. The number of aliphatic hydroxyl groups is 4. The van der Waals surface area contributed by atoms with Crippen LogP contribution in [0.25, 0.3) is 0 Å². The molecule has 12 atom stereocenters. The maximum atomic E-state index is 13.1. The first-order valence-electron chi connectivity index (χ1n) is 29.5. The number of rotatable bonds is 21. The lowest BCUT2D eigenvalue weighted by Gasteiger charge is -2.61. The van der Waals surface area contributed by atoms with E-state index >= 15 is 0 Å². The minimum atomic E-state index is -1.23. The first kappa shape index (κ1) is 62.0. The average Bonchev–Trinajstić information content (AvgIpc) is 1.45. The Morgan fingerprint density at radius 2 is 1.13 bits per heavy atom. The second-order valence-electron chi connectivity index (χ2n) is 24.1. The number of likely N-dealkylation sites (N-methyl/N-ethyl adjacent to an activating group) is 2. The van der Waals surface area contributed by atoms with Crippen molar-refractivity contribution in [1.82, 2.24) is 20.4 Å². The second kappa shape index (κ2) is 24.6. The van der Waals surface area contributed by atoms with Crippen LogP contribution in [-0.2, 0) is 95.8 Å². The molecule has 11 rings (SSSR count). The molecule has 4 aliphatic heterocycles. The molecule has 86 heavy (non-hydrogen) atoms. The van der Waals surface area contributed by atoms with Crippen molar-refractivity contribution >= 4 is 41.5 Å². The van der Waals surface area contributed by atoms with Gasteiger partial charge in [-0.1, -0.05) is 54.6 Å². The molecule has 2 fully saturated rings. The van der Waals surface area contributed by atoms with E-state index in [0.717, 1.165) is 34.4 Å². The maximum absolute atomic E-state index is 13.1. The zero-order valence-electron chi connectivity index (χ0n) is 49.1. The number of ketones is 1. The molecule has 10 N–H and O–H groups in total. The molecule has 23 nitrogen and oxygen atoms in total. The minimum Gasteiger partial charge on any atom is -0.481 e. The molecule has 4 bridgehead atoms. The van der Waals surface area contributed by atoms with Crippen molar-refractivity contribution < 1.29 is 82.4 Å². The zero-order valence-corrected chi connectivity index (χ0v) is 49.1. The molecule has 2 saturated heterocycles. The van der Waals surface area contributed by atoms with Crippen molar-refractivity contribution in [1.29, 1.82) is 0 Å². The summed E-state index contributed by atoms with van der Waals surface area (Å²) in [6, 6.07) is 15.3. The Labute approximate surface area is 498 Å². The molecule has 4 heterocycles. The molecule has 0 radical (unpaired) electrons. The summed E-state index contributed by atoms with van der Waals surface area (Å²) in [5.74, 6) is -2.28. The summed E-state index contributed by atoms with van der Waals surface area (Å²) in [7, 11) is 4.01. The van der Waals surface area contributed by atoms with Crippen LogP contribution in [0.2, 0.25) is 0 Å². The van der Waals surface area contributed by atoms with Gasteiger partial charge in [-0.15, -0.1) is 0 Å². The van der Waals surface area contributed by atoms with Crippen LogP contribution in [-0.4, -0.2) is 172 Å². The summed E-state index contributed by atoms with van der Waals surface area (Å²) in [5, 5.41) is 49.8. The summed E-state index contributed by atoms with van der Waals surface area (Å²) in [6.45, 7) is 5.17. The van der Waals surface area contributed by atoms with Crippen LogP contribution in [0, 0.1) is 0 Å². The highest BCUT2D eigenvalue weighted by atomic mass is 16.6. The van der Waals surface area contributed by atoms with E-state index in [1.54, 1.807) is 12.2 Å². The van der Waals surface area contributed by atoms with E-state index < -0.39 is 82.4 Å². The molecule has 0 saturated carbocycles. The standard InChI is InChI=1S/C33H39N3O8.C30H39N3O9/c1-19(42-26(38)11-14-35-30(39)23(34)16-20-6-4-3-5-7-20)31(40)43-24-10-12-33(41)25-17-21-8-9-22(18-37)28-27(21)32(33,29(24)44-28)13-15-36(25)2;1-16(35)20(31)6-7-23(36)32-12-9-24(37)40-17(2)28(38)41-21-8-10-30(39)22-14-18-4-5-19(15-34)26-25(18)29(30,27(21)42-26)11-13-33(22)3/h3-10,19,23,25,29,37,41H,11-18,34H2,1-2H3,(H,35,39);4-5,8,17,20,22,27,34,39H,6-7,9-15,31H2,1-3H3,(H,32,36)/t19-,23-,25+,29-,32-,33+;17-,20-,22+,27-,29-,30+/m00/s1. The highest BCUT2D eigenvalue weighted by molar-refractivity contribution is 5.84. The van der Waals surface area contributed by atoms with Crippen molar-refractivity contribution in [2.45, 2.75) is 175 Å². The van der Waals surface area contributed by atoms with Crippen molar-refractivity contribution in [3.63, 3.8) is 0 Å². The number of amides is 2. The third-order valence-electron chi connectivity index (χ3n) is 19.1. The molecule has 2 amide bonds. The number of ether oxygens (including phenoxy) is 6. The molecule has 0 unspecified atom stereocenters. The molecular weight excluding hydrogens is 1110 g/mol. The lowest BCUT2D eigenvalue weighted by atomic mass is 9.50. The number of esters is 4. The summed E-state index contributed by atoms with van der Waals surface area (Å²) in [4.78, 5) is 90.8. The van der Waals surface area contributed by atoms with Crippen molar-refractivity contribution in [2.24, 2.45) is 11.5 Å². The number of hydrogen-bond acceptors (Lipinski definition) is 21. The van der Waals surface area contributed by atoms with Gasteiger partial charge in [0, 0.05) is 66.7 Å². The average molecular weight is 1190 g/mol. The molecule has 2 spiro atoms. The van der Waals surface area contributed by atoms with Gasteiger partial charge in [0.1, 0.15) is 28.8 Å². The number of benzene rings is 3. The number of nitrogens with one attached hydrogen (secondary N) is 2. The van der Waals surface area contributed by atoms with E-state index in [2.05, 4.69) is 20.4 Å². The Hall–Kier alpha value is -7.09. The fraction of sp³-hybridized carbons (Fsp3) is 0.540.